The molecule has 1 aromatic carbocycles. The number of benzene rings is 1. The fraction of sp³-hybridized carbons (Fsp3) is 0.562. The molecule has 2 N–H and O–H groups in total. The van der Waals surface area contributed by atoms with Crippen molar-refractivity contribution < 1.29 is 9.90 Å². The highest BCUT2D eigenvalue weighted by molar-refractivity contribution is 5.90. The van der Waals surface area contributed by atoms with Gasteiger partial charge < -0.3 is 15.3 Å². The first-order valence-corrected chi connectivity index (χ1v) is 7.62. The molecule has 4 heteroatoms. The molecule has 0 unspecified atom stereocenters. The lowest BCUT2D eigenvalue weighted by Gasteiger charge is -2.31. The molecule has 1 heterocycles. The summed E-state index contributed by atoms with van der Waals surface area (Å²) in [5.74, 6) is -0.847. The Bertz CT molecular complexity index is 491. The second-order valence-corrected chi connectivity index (χ2v) is 5.89. The maximum atomic E-state index is 11.3. The number of carbonyl (C=O) groups is 1. The van der Waals surface area contributed by atoms with Gasteiger partial charge in [0.2, 0.25) is 0 Å². The van der Waals surface area contributed by atoms with Crippen molar-refractivity contribution in [3.05, 3.63) is 23.8 Å². The van der Waals surface area contributed by atoms with Crippen molar-refractivity contribution in [3.63, 3.8) is 0 Å². The Hall–Kier alpha value is -1.71. The lowest BCUT2D eigenvalue weighted by atomic mass is 9.93. The first-order chi connectivity index (χ1) is 9.72. The predicted octanol–water partition coefficient (Wildman–Crippen LogP) is 3.34. The summed E-state index contributed by atoms with van der Waals surface area (Å²) in [6.07, 6.45) is 7.33. The van der Waals surface area contributed by atoms with E-state index in [4.69, 9.17) is 0 Å². The molecule has 2 aliphatic rings. The van der Waals surface area contributed by atoms with Crippen molar-refractivity contribution >= 4 is 17.3 Å². The van der Waals surface area contributed by atoms with Crippen LogP contribution in [0.2, 0.25) is 0 Å². The van der Waals surface area contributed by atoms with Gasteiger partial charge in [0.1, 0.15) is 0 Å². The van der Waals surface area contributed by atoms with Gasteiger partial charge in [-0.15, -0.1) is 0 Å². The monoisotopic (exact) mass is 274 g/mol. The van der Waals surface area contributed by atoms with Crippen molar-refractivity contribution in [2.24, 2.45) is 0 Å². The molecule has 4 nitrogen and oxygen atoms in total. The third kappa shape index (κ3) is 2.89. The molecule has 1 aliphatic carbocycles. The second-order valence-electron chi connectivity index (χ2n) is 5.89. The molecule has 108 valence electrons. The van der Waals surface area contributed by atoms with Crippen LogP contribution in [0.1, 0.15) is 48.9 Å². The fourth-order valence-electron chi connectivity index (χ4n) is 2.94. The zero-order valence-corrected chi connectivity index (χ0v) is 11.8. The zero-order chi connectivity index (χ0) is 13.9. The van der Waals surface area contributed by atoms with Crippen LogP contribution in [0.5, 0.6) is 0 Å². The topological polar surface area (TPSA) is 52.6 Å². The minimum atomic E-state index is -0.847. The Morgan fingerprint density at radius 1 is 1.10 bits per heavy atom. The summed E-state index contributed by atoms with van der Waals surface area (Å²) in [7, 11) is 0. The SMILES string of the molecule is O=C(O)c1cc(NC2CCC2)cc(N2CCCCC2)c1. The van der Waals surface area contributed by atoms with Gasteiger partial charge in [0.05, 0.1) is 5.56 Å². The first-order valence-electron chi connectivity index (χ1n) is 7.62. The number of piperidine rings is 1. The van der Waals surface area contributed by atoms with Crippen LogP contribution in [-0.4, -0.2) is 30.2 Å². The lowest BCUT2D eigenvalue weighted by Crippen LogP contribution is -2.30. The van der Waals surface area contributed by atoms with E-state index in [9.17, 15) is 9.90 Å². The van der Waals surface area contributed by atoms with E-state index < -0.39 is 5.97 Å². The number of carboxylic acid groups (broad SMARTS) is 1. The summed E-state index contributed by atoms with van der Waals surface area (Å²) in [6, 6.07) is 6.19. The van der Waals surface area contributed by atoms with Gasteiger partial charge in [-0.2, -0.15) is 0 Å². The van der Waals surface area contributed by atoms with Gasteiger partial charge in [-0.1, -0.05) is 0 Å². The van der Waals surface area contributed by atoms with Crippen LogP contribution in [0, 0.1) is 0 Å². The van der Waals surface area contributed by atoms with Gasteiger partial charge >= 0.3 is 5.97 Å². The Kier molecular flexibility index (Phi) is 3.81. The standard InChI is InChI=1S/C16H22N2O2/c19-16(20)12-9-14(17-13-5-4-6-13)11-15(10-12)18-7-2-1-3-8-18/h9-11,13,17H,1-8H2,(H,19,20). The number of nitrogens with one attached hydrogen (secondary N) is 1. The Morgan fingerprint density at radius 3 is 2.45 bits per heavy atom. The Labute approximate surface area is 119 Å². The molecule has 1 aromatic rings. The molecule has 20 heavy (non-hydrogen) atoms. The normalized spacial score (nSPS) is 19.5. The average molecular weight is 274 g/mol. The van der Waals surface area contributed by atoms with Crippen LogP contribution in [-0.2, 0) is 0 Å². The molecule has 1 saturated carbocycles. The largest absolute Gasteiger partial charge is 0.478 e. The van der Waals surface area contributed by atoms with E-state index in [-0.39, 0.29) is 0 Å². The van der Waals surface area contributed by atoms with Gasteiger partial charge in [-0.05, 0) is 56.7 Å². The van der Waals surface area contributed by atoms with Gasteiger partial charge in [0.25, 0.3) is 0 Å². The number of hydrogen-bond acceptors (Lipinski definition) is 3. The van der Waals surface area contributed by atoms with Crippen molar-refractivity contribution in [2.45, 2.75) is 44.6 Å². The molecule has 0 amide bonds. The number of carboxylic acids is 1. The van der Waals surface area contributed by atoms with Crippen molar-refractivity contribution in [3.8, 4) is 0 Å². The number of anilines is 2. The quantitative estimate of drug-likeness (QED) is 0.884. The molecular formula is C16H22N2O2. The molecule has 0 radical (unpaired) electrons. The highest BCUT2D eigenvalue weighted by Crippen LogP contribution is 2.29. The van der Waals surface area contributed by atoms with Gasteiger partial charge in [0.15, 0.2) is 0 Å². The van der Waals surface area contributed by atoms with Crippen molar-refractivity contribution in [1.29, 1.82) is 0 Å². The van der Waals surface area contributed by atoms with E-state index in [2.05, 4.69) is 16.3 Å². The summed E-state index contributed by atoms with van der Waals surface area (Å²) in [5.41, 5.74) is 2.39. The minimum Gasteiger partial charge on any atom is -0.478 e. The zero-order valence-electron chi connectivity index (χ0n) is 11.8. The summed E-state index contributed by atoms with van der Waals surface area (Å²) in [5, 5.41) is 12.8. The fourth-order valence-corrected chi connectivity index (χ4v) is 2.94. The molecule has 1 saturated heterocycles. The summed E-state index contributed by atoms with van der Waals surface area (Å²) >= 11 is 0. The molecule has 2 fully saturated rings. The van der Waals surface area contributed by atoms with E-state index in [1.54, 1.807) is 12.1 Å². The minimum absolute atomic E-state index is 0.384. The third-order valence-corrected chi connectivity index (χ3v) is 4.36. The molecule has 1 aliphatic heterocycles. The van der Waals surface area contributed by atoms with E-state index in [1.807, 2.05) is 0 Å². The highest BCUT2D eigenvalue weighted by Gasteiger charge is 2.19. The van der Waals surface area contributed by atoms with Crippen LogP contribution in [0.25, 0.3) is 0 Å². The smallest absolute Gasteiger partial charge is 0.335 e. The van der Waals surface area contributed by atoms with Crippen LogP contribution in [0.3, 0.4) is 0 Å². The Morgan fingerprint density at radius 2 is 1.85 bits per heavy atom. The summed E-state index contributed by atoms with van der Waals surface area (Å²) < 4.78 is 0. The number of hydrogen-bond donors (Lipinski definition) is 2. The maximum Gasteiger partial charge on any atom is 0.335 e. The average Bonchev–Trinajstić information content (AvgIpc) is 2.43. The number of aromatic carboxylic acids is 1. The predicted molar refractivity (Wildman–Crippen MR) is 80.7 cm³/mol. The summed E-state index contributed by atoms with van der Waals surface area (Å²) in [6.45, 7) is 2.07. The van der Waals surface area contributed by atoms with Crippen LogP contribution >= 0.6 is 0 Å². The number of nitrogens with zero attached hydrogens (tertiary/aromatic N) is 1. The molecule has 0 bridgehead atoms. The summed E-state index contributed by atoms with van der Waals surface area (Å²) in [4.78, 5) is 13.6. The highest BCUT2D eigenvalue weighted by atomic mass is 16.4. The lowest BCUT2D eigenvalue weighted by molar-refractivity contribution is 0.0697. The Balaban J connectivity index is 1.84. The van der Waals surface area contributed by atoms with E-state index in [0.29, 0.717) is 11.6 Å². The first kappa shape index (κ1) is 13.3. The van der Waals surface area contributed by atoms with Crippen LogP contribution < -0.4 is 10.2 Å². The van der Waals surface area contributed by atoms with Gasteiger partial charge in [-0.3, -0.25) is 0 Å². The van der Waals surface area contributed by atoms with E-state index in [0.717, 1.165) is 24.5 Å². The molecule has 0 spiro atoms. The number of rotatable bonds is 4. The molecular weight excluding hydrogens is 252 g/mol. The third-order valence-electron chi connectivity index (χ3n) is 4.36. The van der Waals surface area contributed by atoms with Crippen molar-refractivity contribution in [1.82, 2.24) is 0 Å². The molecule has 0 aromatic heterocycles. The second kappa shape index (κ2) is 5.73. The van der Waals surface area contributed by atoms with Crippen LogP contribution in [0.4, 0.5) is 11.4 Å². The van der Waals surface area contributed by atoms with Gasteiger partial charge in [0, 0.05) is 30.5 Å². The van der Waals surface area contributed by atoms with E-state index >= 15 is 0 Å². The molecule has 3 rings (SSSR count). The van der Waals surface area contributed by atoms with Crippen molar-refractivity contribution in [2.75, 3.05) is 23.3 Å². The maximum absolute atomic E-state index is 11.3. The van der Waals surface area contributed by atoms with Gasteiger partial charge in [-0.25, -0.2) is 4.79 Å². The van der Waals surface area contributed by atoms with E-state index in [1.165, 1.54) is 38.5 Å². The molecule has 0 atom stereocenters. The van der Waals surface area contributed by atoms with Crippen LogP contribution in [0.15, 0.2) is 18.2 Å².